The number of hydrogen-bond acceptors (Lipinski definition) is 5. The van der Waals surface area contributed by atoms with E-state index in [9.17, 15) is 27.9 Å². The molecule has 1 aromatic carbocycles. The highest BCUT2D eigenvalue weighted by molar-refractivity contribution is 5.94. The van der Waals surface area contributed by atoms with E-state index in [1.54, 1.807) is 12.2 Å². The summed E-state index contributed by atoms with van der Waals surface area (Å²) in [4.78, 5) is 23.5. The Morgan fingerprint density at radius 2 is 1.81 bits per heavy atom. The number of amides is 2. The molecule has 0 saturated carbocycles. The van der Waals surface area contributed by atoms with Crippen LogP contribution < -0.4 is 10.6 Å². The second kappa shape index (κ2) is 8.13. The number of rotatable bonds is 4. The Morgan fingerprint density at radius 3 is 2.50 bits per heavy atom. The first-order valence-electron chi connectivity index (χ1n) is 9.32. The topological polar surface area (TPSA) is 122 Å². The fourth-order valence-electron chi connectivity index (χ4n) is 3.24. The SMILES string of the molecule is O=C(NC1=CC=C(c2nnc3c(C(=O)O)ccnn23)CC1)Nc1ccccc1C(F)(F)F. The largest absolute Gasteiger partial charge is 0.478 e. The van der Waals surface area contributed by atoms with Crippen molar-refractivity contribution in [2.75, 3.05) is 5.32 Å². The van der Waals surface area contributed by atoms with E-state index in [2.05, 4.69) is 25.9 Å². The Labute approximate surface area is 178 Å². The zero-order valence-corrected chi connectivity index (χ0v) is 16.2. The van der Waals surface area contributed by atoms with Gasteiger partial charge >= 0.3 is 18.2 Å². The van der Waals surface area contributed by atoms with Crippen LogP contribution in [0.1, 0.15) is 34.6 Å². The Balaban J connectivity index is 1.50. The van der Waals surface area contributed by atoms with Crippen LogP contribution in [0, 0.1) is 0 Å². The van der Waals surface area contributed by atoms with Crippen LogP contribution in [0.2, 0.25) is 0 Å². The van der Waals surface area contributed by atoms with Gasteiger partial charge in [0.05, 0.1) is 11.3 Å². The van der Waals surface area contributed by atoms with Crippen molar-refractivity contribution in [3.8, 4) is 0 Å². The number of allylic oxidation sites excluding steroid dienone is 4. The third-order valence-corrected chi connectivity index (χ3v) is 4.73. The highest BCUT2D eigenvalue weighted by atomic mass is 19.4. The van der Waals surface area contributed by atoms with Crippen LogP contribution in [0.4, 0.5) is 23.7 Å². The maximum absolute atomic E-state index is 13.1. The molecule has 2 amide bonds. The third-order valence-electron chi connectivity index (χ3n) is 4.73. The summed E-state index contributed by atoms with van der Waals surface area (Å²) in [6.07, 6.45) is 0.781. The molecule has 0 bridgehead atoms. The monoisotopic (exact) mass is 444 g/mol. The number of alkyl halides is 3. The van der Waals surface area contributed by atoms with Gasteiger partial charge < -0.3 is 15.7 Å². The number of nitrogens with one attached hydrogen (secondary N) is 2. The number of nitrogens with zero attached hydrogens (tertiary/aromatic N) is 4. The summed E-state index contributed by atoms with van der Waals surface area (Å²) in [5.74, 6) is -0.791. The molecule has 0 unspecified atom stereocenters. The lowest BCUT2D eigenvalue weighted by Gasteiger charge is -2.17. The average Bonchev–Trinajstić information content (AvgIpc) is 3.18. The first kappa shape index (κ1) is 21.0. The van der Waals surface area contributed by atoms with Gasteiger partial charge in [-0.25, -0.2) is 9.59 Å². The van der Waals surface area contributed by atoms with Crippen LogP contribution in [0.25, 0.3) is 11.2 Å². The summed E-state index contributed by atoms with van der Waals surface area (Å²) in [5, 5.41) is 26.0. The molecule has 0 spiro atoms. The van der Waals surface area contributed by atoms with Crippen molar-refractivity contribution in [3.05, 3.63) is 71.3 Å². The number of carboxylic acid groups (broad SMARTS) is 1. The Hall–Kier alpha value is -4.22. The molecule has 2 heterocycles. The molecule has 2 aromatic heterocycles. The molecule has 3 N–H and O–H groups in total. The molecule has 0 atom stereocenters. The number of carbonyl (C=O) groups is 2. The van der Waals surface area contributed by atoms with Gasteiger partial charge in [0.15, 0.2) is 11.5 Å². The van der Waals surface area contributed by atoms with Crippen LogP contribution in [0.3, 0.4) is 0 Å². The minimum atomic E-state index is -4.60. The molecule has 0 fully saturated rings. The summed E-state index contributed by atoms with van der Waals surface area (Å²) in [6.45, 7) is 0. The number of halogens is 3. The van der Waals surface area contributed by atoms with E-state index in [1.807, 2.05) is 0 Å². The number of benzene rings is 1. The number of carboxylic acids is 1. The van der Waals surface area contributed by atoms with E-state index < -0.39 is 23.7 Å². The molecule has 3 aromatic rings. The summed E-state index contributed by atoms with van der Waals surface area (Å²) in [5.41, 5.74) is -0.0257. The molecule has 0 saturated heterocycles. The lowest BCUT2D eigenvalue weighted by molar-refractivity contribution is -0.136. The van der Waals surface area contributed by atoms with Crippen molar-refractivity contribution in [3.63, 3.8) is 0 Å². The minimum absolute atomic E-state index is 0.0381. The average molecular weight is 444 g/mol. The maximum atomic E-state index is 13.1. The summed E-state index contributed by atoms with van der Waals surface area (Å²) < 4.78 is 40.5. The molecule has 12 heteroatoms. The number of hydrogen-bond donors (Lipinski definition) is 3. The fourth-order valence-corrected chi connectivity index (χ4v) is 3.24. The predicted molar refractivity (Wildman–Crippen MR) is 107 cm³/mol. The highest BCUT2D eigenvalue weighted by Crippen LogP contribution is 2.34. The van der Waals surface area contributed by atoms with Crippen LogP contribution >= 0.6 is 0 Å². The molecular formula is C20H15F3N6O3. The van der Waals surface area contributed by atoms with Crippen LogP contribution in [0.5, 0.6) is 0 Å². The van der Waals surface area contributed by atoms with Gasteiger partial charge in [-0.3, -0.25) is 0 Å². The zero-order chi connectivity index (χ0) is 22.9. The van der Waals surface area contributed by atoms with Crippen LogP contribution in [-0.4, -0.2) is 36.9 Å². The Morgan fingerprint density at radius 1 is 1.03 bits per heavy atom. The first-order valence-corrected chi connectivity index (χ1v) is 9.32. The molecule has 4 rings (SSSR count). The number of urea groups is 1. The van der Waals surface area contributed by atoms with Crippen molar-refractivity contribution in [1.29, 1.82) is 0 Å². The van der Waals surface area contributed by atoms with Crippen LogP contribution in [-0.2, 0) is 6.18 Å². The highest BCUT2D eigenvalue weighted by Gasteiger charge is 2.33. The summed E-state index contributed by atoms with van der Waals surface area (Å²) in [7, 11) is 0. The quantitative estimate of drug-likeness (QED) is 0.564. The summed E-state index contributed by atoms with van der Waals surface area (Å²) in [6, 6.07) is 5.21. The second-order valence-electron chi connectivity index (χ2n) is 6.82. The third kappa shape index (κ3) is 4.15. The molecule has 0 radical (unpaired) electrons. The van der Waals surface area contributed by atoms with Gasteiger partial charge in [0.1, 0.15) is 5.56 Å². The number of aromatic nitrogens is 4. The molecule has 1 aliphatic rings. The zero-order valence-electron chi connectivity index (χ0n) is 16.2. The van der Waals surface area contributed by atoms with Crippen LogP contribution in [0.15, 0.2) is 54.4 Å². The number of anilines is 1. The lowest BCUT2D eigenvalue weighted by atomic mass is 10.0. The molecule has 1 aliphatic carbocycles. The van der Waals surface area contributed by atoms with E-state index in [4.69, 9.17) is 0 Å². The number of para-hydroxylation sites is 1. The van der Waals surface area contributed by atoms with Crippen molar-refractivity contribution in [2.24, 2.45) is 0 Å². The van der Waals surface area contributed by atoms with Gasteiger partial charge in [0.25, 0.3) is 0 Å². The molecule has 32 heavy (non-hydrogen) atoms. The Bertz CT molecular complexity index is 1280. The number of aromatic carboxylic acids is 1. The molecule has 9 nitrogen and oxygen atoms in total. The van der Waals surface area contributed by atoms with Gasteiger partial charge in [0.2, 0.25) is 0 Å². The van der Waals surface area contributed by atoms with Gasteiger partial charge in [-0.15, -0.1) is 10.2 Å². The first-order chi connectivity index (χ1) is 15.2. The van der Waals surface area contributed by atoms with Crippen molar-refractivity contribution >= 4 is 28.9 Å². The van der Waals surface area contributed by atoms with Crippen molar-refractivity contribution < 1.29 is 27.9 Å². The predicted octanol–water partition coefficient (Wildman–Crippen LogP) is 3.72. The molecule has 164 valence electrons. The van der Waals surface area contributed by atoms with E-state index in [-0.39, 0.29) is 16.9 Å². The van der Waals surface area contributed by atoms with Crippen molar-refractivity contribution in [1.82, 2.24) is 25.1 Å². The smallest absolute Gasteiger partial charge is 0.418 e. The van der Waals surface area contributed by atoms with Gasteiger partial charge in [-0.05, 0) is 42.7 Å². The summed E-state index contributed by atoms with van der Waals surface area (Å²) >= 11 is 0. The molecule has 0 aliphatic heterocycles. The lowest BCUT2D eigenvalue weighted by Crippen LogP contribution is -2.29. The fraction of sp³-hybridized carbons (Fsp3) is 0.150. The standard InChI is InChI=1S/C20H15F3N6O3/c21-20(22,23)14-3-1-2-4-15(14)26-19(32)25-12-7-5-11(6-8-12)16-27-28-17-13(18(30)31)9-10-24-29(16)17/h1-5,7,9-10H,6,8H2,(H,30,31)(H2,25,26,32). The number of fused-ring (bicyclic) bond motifs is 1. The second-order valence-corrected chi connectivity index (χ2v) is 6.82. The normalized spacial score (nSPS) is 14.0. The van der Waals surface area contributed by atoms with Gasteiger partial charge in [0, 0.05) is 11.9 Å². The minimum Gasteiger partial charge on any atom is -0.478 e. The van der Waals surface area contributed by atoms with E-state index in [0.717, 1.165) is 6.07 Å². The van der Waals surface area contributed by atoms with E-state index in [0.29, 0.717) is 29.9 Å². The number of carbonyl (C=O) groups excluding carboxylic acids is 1. The van der Waals surface area contributed by atoms with Gasteiger partial charge in [-0.1, -0.05) is 18.2 Å². The Kier molecular flexibility index (Phi) is 5.34. The van der Waals surface area contributed by atoms with Crippen molar-refractivity contribution in [2.45, 2.75) is 19.0 Å². The van der Waals surface area contributed by atoms with E-state index in [1.165, 1.54) is 35.0 Å². The van der Waals surface area contributed by atoms with E-state index >= 15 is 0 Å². The maximum Gasteiger partial charge on any atom is 0.418 e. The molecular weight excluding hydrogens is 429 g/mol. The van der Waals surface area contributed by atoms with Gasteiger partial charge in [-0.2, -0.15) is 22.8 Å².